The molecule has 3 heterocycles. The third kappa shape index (κ3) is 4.83. The van der Waals surface area contributed by atoms with Crippen molar-refractivity contribution in [1.29, 1.82) is 0 Å². The quantitative estimate of drug-likeness (QED) is 0.287. The number of hydrogen-bond donors (Lipinski definition) is 0. The van der Waals surface area contributed by atoms with Gasteiger partial charge in [0.1, 0.15) is 17.9 Å². The average Bonchev–Trinajstić information content (AvgIpc) is 3.38. The van der Waals surface area contributed by atoms with Crippen LogP contribution in [0.2, 0.25) is 0 Å². The van der Waals surface area contributed by atoms with Crippen LogP contribution in [-0.4, -0.2) is 58.1 Å². The topological polar surface area (TPSA) is 63.5 Å². The van der Waals surface area contributed by atoms with Crippen molar-refractivity contribution in [3.05, 3.63) is 103 Å². The lowest BCUT2D eigenvalue weighted by molar-refractivity contribution is 0.0746. The summed E-state index contributed by atoms with van der Waals surface area (Å²) in [6, 6.07) is 26.2. The van der Waals surface area contributed by atoms with E-state index in [0.29, 0.717) is 32.8 Å². The Bertz CT molecular complexity index is 1600. The zero-order valence-corrected chi connectivity index (χ0v) is 22.2. The highest BCUT2D eigenvalue weighted by Gasteiger charge is 2.26. The number of hydrogen-bond acceptors (Lipinski definition) is 5. The van der Waals surface area contributed by atoms with Crippen LogP contribution in [0.5, 0.6) is 5.75 Å². The van der Waals surface area contributed by atoms with Gasteiger partial charge in [0, 0.05) is 49.2 Å². The highest BCUT2D eigenvalue weighted by Crippen LogP contribution is 2.37. The molecule has 0 spiro atoms. The lowest BCUT2D eigenvalue weighted by atomic mass is 10.1. The largest absolute Gasteiger partial charge is 0.494 e. The number of nitrogens with zero attached hydrogens (tertiary/aromatic N) is 5. The minimum atomic E-state index is 0.0813. The van der Waals surface area contributed by atoms with Crippen molar-refractivity contribution in [1.82, 2.24) is 19.4 Å². The van der Waals surface area contributed by atoms with Gasteiger partial charge < -0.3 is 19.1 Å². The van der Waals surface area contributed by atoms with E-state index in [1.54, 1.807) is 6.33 Å². The fourth-order valence-electron chi connectivity index (χ4n) is 5.27. The molecule has 1 saturated heterocycles. The number of carbonyl (C=O) groups excluding carboxylic acids is 1. The van der Waals surface area contributed by atoms with Crippen molar-refractivity contribution >= 4 is 22.8 Å². The molecule has 0 aliphatic carbocycles. The van der Waals surface area contributed by atoms with Crippen LogP contribution in [0.4, 0.5) is 5.82 Å². The molecule has 6 rings (SSSR count). The Morgan fingerprint density at radius 1 is 0.897 bits per heavy atom. The predicted octanol–water partition coefficient (Wildman–Crippen LogP) is 5.76. The Morgan fingerprint density at radius 2 is 1.67 bits per heavy atom. The van der Waals surface area contributed by atoms with Crippen LogP contribution < -0.4 is 9.64 Å². The molecule has 0 bridgehead atoms. The highest BCUT2D eigenvalue weighted by molar-refractivity contribution is 6.02. The minimum absolute atomic E-state index is 0.0813. The van der Waals surface area contributed by atoms with Gasteiger partial charge in [0.2, 0.25) is 0 Å². The van der Waals surface area contributed by atoms with Gasteiger partial charge in [-0.05, 0) is 55.8 Å². The van der Waals surface area contributed by atoms with Gasteiger partial charge in [-0.2, -0.15) is 0 Å². The Labute approximate surface area is 228 Å². The zero-order chi connectivity index (χ0) is 26.8. The van der Waals surface area contributed by atoms with Crippen molar-refractivity contribution in [3.63, 3.8) is 0 Å². The Morgan fingerprint density at radius 3 is 2.38 bits per heavy atom. The zero-order valence-electron chi connectivity index (χ0n) is 22.2. The number of aromatic nitrogens is 3. The van der Waals surface area contributed by atoms with Gasteiger partial charge >= 0.3 is 0 Å². The summed E-state index contributed by atoms with van der Waals surface area (Å²) >= 11 is 0. The van der Waals surface area contributed by atoms with E-state index in [9.17, 15) is 4.79 Å². The standard InChI is InChI=1S/C32H31N5O2/c1-3-39-27-14-12-26(13-15-27)37-21-28(24-9-5-4-6-10-24)29-30(33-22-34-31(29)37)35-16-18-36(19-17-35)32(38)25-11-7-8-23(2)20-25/h4-15,20-22H,3,16-19H2,1-2H3. The number of carbonyl (C=O) groups is 1. The lowest BCUT2D eigenvalue weighted by Crippen LogP contribution is -2.49. The van der Waals surface area contributed by atoms with Crippen LogP contribution >= 0.6 is 0 Å². The maximum Gasteiger partial charge on any atom is 0.253 e. The number of rotatable bonds is 6. The first-order valence-electron chi connectivity index (χ1n) is 13.4. The second kappa shape index (κ2) is 10.6. The first-order chi connectivity index (χ1) is 19.1. The molecule has 1 aliphatic rings. The predicted molar refractivity (Wildman–Crippen MR) is 155 cm³/mol. The van der Waals surface area contributed by atoms with E-state index in [1.807, 2.05) is 61.2 Å². The Balaban J connectivity index is 1.36. The van der Waals surface area contributed by atoms with Gasteiger partial charge in [0.25, 0.3) is 5.91 Å². The summed E-state index contributed by atoms with van der Waals surface area (Å²) in [4.78, 5) is 26.9. The fourth-order valence-corrected chi connectivity index (χ4v) is 5.27. The Hall–Kier alpha value is -4.65. The molecular weight excluding hydrogens is 486 g/mol. The van der Waals surface area contributed by atoms with Gasteiger partial charge in [0.15, 0.2) is 5.65 Å². The lowest BCUT2D eigenvalue weighted by Gasteiger charge is -2.35. The molecule has 1 amide bonds. The van der Waals surface area contributed by atoms with Crippen molar-refractivity contribution < 1.29 is 9.53 Å². The molecule has 0 N–H and O–H groups in total. The molecule has 1 fully saturated rings. The van der Waals surface area contributed by atoms with Crippen LogP contribution in [0.1, 0.15) is 22.8 Å². The van der Waals surface area contributed by atoms with Crippen molar-refractivity contribution in [2.24, 2.45) is 0 Å². The number of ether oxygens (including phenoxy) is 1. The SMILES string of the molecule is CCOc1ccc(-n2cc(-c3ccccc3)c3c(N4CCN(C(=O)c5cccc(C)c5)CC4)ncnc32)cc1. The molecule has 39 heavy (non-hydrogen) atoms. The fraction of sp³-hybridized carbons (Fsp3) is 0.219. The number of aryl methyl sites for hydroxylation is 1. The van der Waals surface area contributed by atoms with E-state index in [1.165, 1.54) is 0 Å². The summed E-state index contributed by atoms with van der Waals surface area (Å²) < 4.78 is 7.77. The molecule has 5 aromatic rings. The van der Waals surface area contributed by atoms with E-state index in [-0.39, 0.29) is 5.91 Å². The first-order valence-corrected chi connectivity index (χ1v) is 13.4. The van der Waals surface area contributed by atoms with Gasteiger partial charge in [-0.1, -0.05) is 48.0 Å². The summed E-state index contributed by atoms with van der Waals surface area (Å²) in [5.41, 5.74) is 5.87. The molecule has 196 valence electrons. The average molecular weight is 518 g/mol. The van der Waals surface area contributed by atoms with E-state index in [4.69, 9.17) is 14.7 Å². The van der Waals surface area contributed by atoms with Crippen molar-refractivity contribution in [3.8, 4) is 22.6 Å². The number of anilines is 1. The third-order valence-electron chi connectivity index (χ3n) is 7.21. The van der Waals surface area contributed by atoms with Crippen LogP contribution in [0.3, 0.4) is 0 Å². The van der Waals surface area contributed by atoms with E-state index < -0.39 is 0 Å². The van der Waals surface area contributed by atoms with Gasteiger partial charge in [-0.3, -0.25) is 4.79 Å². The molecule has 2 aromatic heterocycles. The molecular formula is C32H31N5O2. The monoisotopic (exact) mass is 517 g/mol. The maximum absolute atomic E-state index is 13.1. The van der Waals surface area contributed by atoms with E-state index in [2.05, 4.69) is 52.1 Å². The van der Waals surface area contributed by atoms with Crippen LogP contribution in [0.15, 0.2) is 91.4 Å². The maximum atomic E-state index is 13.1. The summed E-state index contributed by atoms with van der Waals surface area (Å²) in [5, 5.41) is 1.01. The van der Waals surface area contributed by atoms with Crippen molar-refractivity contribution in [2.75, 3.05) is 37.7 Å². The first kappa shape index (κ1) is 24.7. The summed E-state index contributed by atoms with van der Waals surface area (Å²) in [5.74, 6) is 1.82. The molecule has 0 radical (unpaired) electrons. The Kier molecular flexibility index (Phi) is 6.71. The minimum Gasteiger partial charge on any atom is -0.494 e. The third-order valence-corrected chi connectivity index (χ3v) is 7.21. The van der Waals surface area contributed by atoms with Gasteiger partial charge in [-0.25, -0.2) is 9.97 Å². The van der Waals surface area contributed by atoms with Crippen LogP contribution in [0, 0.1) is 6.92 Å². The van der Waals surface area contributed by atoms with E-state index >= 15 is 0 Å². The molecule has 0 unspecified atom stereocenters. The molecule has 3 aromatic carbocycles. The molecule has 1 aliphatic heterocycles. The van der Waals surface area contributed by atoms with E-state index in [0.717, 1.165) is 50.5 Å². The number of benzene rings is 3. The second-order valence-electron chi connectivity index (χ2n) is 9.75. The molecule has 7 heteroatoms. The highest BCUT2D eigenvalue weighted by atomic mass is 16.5. The smallest absolute Gasteiger partial charge is 0.253 e. The molecule has 0 saturated carbocycles. The van der Waals surface area contributed by atoms with Crippen molar-refractivity contribution in [2.45, 2.75) is 13.8 Å². The molecule has 0 atom stereocenters. The normalized spacial score (nSPS) is 13.6. The number of amides is 1. The summed E-state index contributed by atoms with van der Waals surface area (Å²) in [6.07, 6.45) is 3.78. The second-order valence-corrected chi connectivity index (χ2v) is 9.75. The van der Waals surface area contributed by atoms with Gasteiger partial charge in [0.05, 0.1) is 12.0 Å². The number of fused-ring (bicyclic) bond motifs is 1. The number of piperazine rings is 1. The molecule has 7 nitrogen and oxygen atoms in total. The summed E-state index contributed by atoms with van der Waals surface area (Å²) in [7, 11) is 0. The van der Waals surface area contributed by atoms with Crippen LogP contribution in [-0.2, 0) is 0 Å². The van der Waals surface area contributed by atoms with Crippen LogP contribution in [0.25, 0.3) is 27.8 Å². The summed E-state index contributed by atoms with van der Waals surface area (Å²) in [6.45, 7) is 7.30. The van der Waals surface area contributed by atoms with Gasteiger partial charge in [-0.15, -0.1) is 0 Å².